The highest BCUT2D eigenvalue weighted by Crippen LogP contribution is 2.39. The van der Waals surface area contributed by atoms with Crippen LogP contribution in [0.3, 0.4) is 0 Å². The largest absolute Gasteiger partial charge is 0.440 e. The van der Waals surface area contributed by atoms with Gasteiger partial charge in [0.15, 0.2) is 11.7 Å². The number of aromatic nitrogens is 1. The van der Waals surface area contributed by atoms with Crippen LogP contribution in [0.25, 0.3) is 10.6 Å². The van der Waals surface area contributed by atoms with Crippen molar-refractivity contribution in [1.82, 2.24) is 4.98 Å². The Morgan fingerprint density at radius 3 is 2.77 bits per heavy atom. The van der Waals surface area contributed by atoms with E-state index in [1.165, 1.54) is 6.42 Å². The monoisotopic (exact) mass is 408 g/mol. The summed E-state index contributed by atoms with van der Waals surface area (Å²) < 4.78 is 33.8. The first-order chi connectivity index (χ1) is 12.4. The molecule has 0 aliphatic heterocycles. The van der Waals surface area contributed by atoms with E-state index in [1.54, 1.807) is 36.5 Å². The average Bonchev–Trinajstić information content (AvgIpc) is 3.17. The fraction of sp³-hybridized carbons (Fsp3) is 0.278. The summed E-state index contributed by atoms with van der Waals surface area (Å²) in [5, 5.41) is 0.366. The van der Waals surface area contributed by atoms with Gasteiger partial charge in [-0.1, -0.05) is 24.1 Å². The topological polar surface area (TPSA) is 72.2 Å². The van der Waals surface area contributed by atoms with Gasteiger partial charge in [0, 0.05) is 5.92 Å². The maximum absolute atomic E-state index is 12.6. The van der Waals surface area contributed by atoms with Gasteiger partial charge in [0.25, 0.3) is 10.0 Å². The zero-order valence-electron chi connectivity index (χ0n) is 14.0. The van der Waals surface area contributed by atoms with Crippen LogP contribution < -0.4 is 4.72 Å². The van der Waals surface area contributed by atoms with Crippen molar-refractivity contribution in [3.05, 3.63) is 53.0 Å². The Hall–Kier alpha value is -1.83. The number of hydrogen-bond acceptors (Lipinski definition) is 5. The summed E-state index contributed by atoms with van der Waals surface area (Å²) in [6, 6.07) is 8.48. The number of thiophene rings is 1. The molecule has 0 bridgehead atoms. The lowest BCUT2D eigenvalue weighted by Gasteiger charge is -2.21. The first-order valence-corrected chi connectivity index (χ1v) is 10.9. The van der Waals surface area contributed by atoms with Gasteiger partial charge in [-0.3, -0.25) is 4.72 Å². The smallest absolute Gasteiger partial charge is 0.271 e. The van der Waals surface area contributed by atoms with Crippen LogP contribution in [0.4, 0.5) is 5.69 Å². The first kappa shape index (κ1) is 17.6. The van der Waals surface area contributed by atoms with Crippen LogP contribution in [-0.2, 0) is 10.0 Å². The molecule has 2 aromatic heterocycles. The summed E-state index contributed by atoms with van der Waals surface area (Å²) in [5.41, 5.74) is 1.32. The van der Waals surface area contributed by atoms with E-state index in [-0.39, 0.29) is 4.21 Å². The molecular formula is C18H17ClN2O3S2. The standard InChI is InChI=1S/C18H17ClN2O3S2/c1-11-5-6-14(13(19)9-11)21-26(22,23)17-8-7-16(25-17)15-10-20-18(24-15)12-3-2-4-12/h5-10,12,21H,2-4H2,1H3. The Labute approximate surface area is 161 Å². The van der Waals surface area contributed by atoms with Gasteiger partial charge in [-0.25, -0.2) is 13.4 Å². The Morgan fingerprint density at radius 1 is 1.27 bits per heavy atom. The van der Waals surface area contributed by atoms with E-state index in [2.05, 4.69) is 9.71 Å². The summed E-state index contributed by atoms with van der Waals surface area (Å²) in [5.74, 6) is 1.75. The molecule has 1 N–H and O–H groups in total. The molecule has 26 heavy (non-hydrogen) atoms. The molecule has 8 heteroatoms. The second-order valence-electron chi connectivity index (χ2n) is 6.40. The van der Waals surface area contributed by atoms with Crippen molar-refractivity contribution in [2.45, 2.75) is 36.3 Å². The highest BCUT2D eigenvalue weighted by molar-refractivity contribution is 7.94. The van der Waals surface area contributed by atoms with Crippen LogP contribution in [0.5, 0.6) is 0 Å². The molecular weight excluding hydrogens is 392 g/mol. The molecule has 4 rings (SSSR count). The van der Waals surface area contributed by atoms with E-state index in [4.69, 9.17) is 16.0 Å². The highest BCUT2D eigenvalue weighted by Gasteiger charge is 2.25. The number of hydrogen-bond donors (Lipinski definition) is 1. The van der Waals surface area contributed by atoms with Gasteiger partial charge in [0.1, 0.15) is 4.21 Å². The third-order valence-corrected chi connectivity index (χ3v) is 7.71. The fourth-order valence-corrected chi connectivity index (χ4v) is 5.41. The number of benzene rings is 1. The van der Waals surface area contributed by atoms with Crippen molar-refractivity contribution in [2.75, 3.05) is 4.72 Å². The van der Waals surface area contributed by atoms with Gasteiger partial charge in [-0.15, -0.1) is 11.3 Å². The lowest BCUT2D eigenvalue weighted by atomic mass is 9.85. The fourth-order valence-electron chi connectivity index (χ4n) is 2.74. The number of anilines is 1. The number of rotatable bonds is 5. The number of nitrogens with one attached hydrogen (secondary N) is 1. The third kappa shape index (κ3) is 3.39. The number of halogens is 1. The van der Waals surface area contributed by atoms with Crippen LogP contribution in [0.2, 0.25) is 5.02 Å². The molecule has 3 aromatic rings. The normalized spacial score (nSPS) is 15.0. The van der Waals surface area contributed by atoms with Crippen molar-refractivity contribution < 1.29 is 12.8 Å². The summed E-state index contributed by atoms with van der Waals surface area (Å²) in [4.78, 5) is 5.07. The van der Waals surface area contributed by atoms with E-state index < -0.39 is 10.0 Å². The molecule has 1 aromatic carbocycles. The van der Waals surface area contributed by atoms with E-state index >= 15 is 0 Å². The third-order valence-electron chi connectivity index (χ3n) is 4.44. The van der Waals surface area contributed by atoms with Crippen molar-refractivity contribution >= 4 is 38.6 Å². The van der Waals surface area contributed by atoms with Crippen molar-refractivity contribution in [3.63, 3.8) is 0 Å². The molecule has 0 atom stereocenters. The van der Waals surface area contributed by atoms with Crippen molar-refractivity contribution in [1.29, 1.82) is 0 Å². The van der Waals surface area contributed by atoms with E-state index in [0.29, 0.717) is 22.4 Å². The molecule has 0 saturated heterocycles. The molecule has 1 saturated carbocycles. The summed E-state index contributed by atoms with van der Waals surface area (Å²) in [6.07, 6.45) is 5.08. The van der Waals surface area contributed by atoms with E-state index in [9.17, 15) is 8.42 Å². The predicted molar refractivity (Wildman–Crippen MR) is 103 cm³/mol. The van der Waals surface area contributed by atoms with Gasteiger partial charge < -0.3 is 4.42 Å². The zero-order chi connectivity index (χ0) is 18.3. The van der Waals surface area contributed by atoms with E-state index in [1.807, 2.05) is 6.92 Å². The molecule has 2 heterocycles. The van der Waals surface area contributed by atoms with Crippen molar-refractivity contribution in [3.8, 4) is 10.6 Å². The molecule has 5 nitrogen and oxygen atoms in total. The Bertz CT molecular complexity index is 1050. The van der Waals surface area contributed by atoms with Gasteiger partial charge >= 0.3 is 0 Å². The Kier molecular flexibility index (Phi) is 4.54. The number of oxazole rings is 1. The summed E-state index contributed by atoms with van der Waals surface area (Å²) in [6.45, 7) is 1.89. The van der Waals surface area contributed by atoms with Crippen molar-refractivity contribution in [2.24, 2.45) is 0 Å². The molecule has 0 radical (unpaired) electrons. The van der Waals surface area contributed by atoms with Crippen LogP contribution in [0.1, 0.15) is 36.6 Å². The van der Waals surface area contributed by atoms with Gasteiger partial charge in [-0.2, -0.15) is 0 Å². The first-order valence-electron chi connectivity index (χ1n) is 8.27. The highest BCUT2D eigenvalue weighted by atomic mass is 35.5. The zero-order valence-corrected chi connectivity index (χ0v) is 16.4. The minimum atomic E-state index is -3.72. The minimum absolute atomic E-state index is 0.200. The van der Waals surface area contributed by atoms with Gasteiger partial charge in [-0.05, 0) is 49.6 Å². The molecule has 1 aliphatic rings. The molecule has 0 unspecified atom stereocenters. The summed E-state index contributed by atoms with van der Waals surface area (Å²) >= 11 is 7.27. The van der Waals surface area contributed by atoms with Crippen LogP contribution in [0, 0.1) is 6.92 Å². The average molecular weight is 409 g/mol. The molecule has 1 fully saturated rings. The van der Waals surface area contributed by atoms with Gasteiger partial charge in [0.2, 0.25) is 0 Å². The predicted octanol–water partition coefficient (Wildman–Crippen LogP) is 5.43. The number of nitrogens with zero attached hydrogens (tertiary/aromatic N) is 1. The van der Waals surface area contributed by atoms with Crippen LogP contribution >= 0.6 is 22.9 Å². The van der Waals surface area contributed by atoms with Gasteiger partial charge in [0.05, 0.1) is 21.8 Å². The molecule has 1 aliphatic carbocycles. The molecule has 0 amide bonds. The summed E-state index contributed by atoms with van der Waals surface area (Å²) in [7, 11) is -3.72. The van der Waals surface area contributed by atoms with E-state index in [0.717, 1.165) is 40.5 Å². The Balaban J connectivity index is 1.57. The lowest BCUT2D eigenvalue weighted by Crippen LogP contribution is -2.11. The number of sulfonamides is 1. The second kappa shape index (κ2) is 6.72. The molecule has 0 spiro atoms. The van der Waals surface area contributed by atoms with Crippen LogP contribution in [-0.4, -0.2) is 13.4 Å². The SMILES string of the molecule is Cc1ccc(NS(=O)(=O)c2ccc(-c3cnc(C4CCC4)o3)s2)c(Cl)c1. The number of aryl methyl sites for hydroxylation is 1. The maximum Gasteiger partial charge on any atom is 0.271 e. The molecule has 136 valence electrons. The lowest BCUT2D eigenvalue weighted by molar-refractivity contribution is 0.338. The Morgan fingerprint density at radius 2 is 2.08 bits per heavy atom. The maximum atomic E-state index is 12.6. The van der Waals surface area contributed by atoms with Crippen LogP contribution in [0.15, 0.2) is 45.2 Å². The quantitative estimate of drug-likeness (QED) is 0.610. The minimum Gasteiger partial charge on any atom is -0.440 e. The second-order valence-corrected chi connectivity index (χ2v) is 9.80.